The molecule has 4 rings (SSSR count). The fourth-order valence-electron chi connectivity index (χ4n) is 4.96. The molecular formula is C30H36N4O6. The minimum atomic E-state index is -0.972. The first-order chi connectivity index (χ1) is 19.0. The molecule has 212 valence electrons. The molecule has 0 bridgehead atoms. The molecule has 2 heterocycles. The largest absolute Gasteiger partial charge is 0.444 e. The van der Waals surface area contributed by atoms with Crippen LogP contribution in [0.15, 0.2) is 54.6 Å². The van der Waals surface area contributed by atoms with Gasteiger partial charge in [-0.2, -0.15) is 0 Å². The summed E-state index contributed by atoms with van der Waals surface area (Å²) in [5, 5.41) is 5.53. The molecule has 1 fully saturated rings. The molecule has 0 radical (unpaired) electrons. The molecule has 0 aromatic heterocycles. The van der Waals surface area contributed by atoms with Crippen LogP contribution < -0.4 is 10.6 Å². The van der Waals surface area contributed by atoms with E-state index in [1.54, 1.807) is 49.9 Å². The molecule has 1 atom stereocenters. The predicted octanol–water partition coefficient (Wildman–Crippen LogP) is 2.92. The molecule has 0 spiro atoms. The lowest BCUT2D eigenvalue weighted by Gasteiger charge is -2.36. The van der Waals surface area contributed by atoms with Crippen molar-refractivity contribution in [2.45, 2.75) is 64.1 Å². The van der Waals surface area contributed by atoms with Crippen LogP contribution in [0.4, 0.5) is 4.79 Å². The van der Waals surface area contributed by atoms with Crippen LogP contribution in [-0.4, -0.2) is 76.8 Å². The van der Waals surface area contributed by atoms with Crippen LogP contribution in [0, 0.1) is 0 Å². The molecule has 0 saturated carbocycles. The Bertz CT molecular complexity index is 1230. The van der Waals surface area contributed by atoms with Crippen molar-refractivity contribution in [3.05, 3.63) is 71.3 Å². The van der Waals surface area contributed by atoms with Crippen LogP contribution in [0.5, 0.6) is 0 Å². The van der Waals surface area contributed by atoms with Gasteiger partial charge in [0.25, 0.3) is 11.8 Å². The SMILES string of the molecule is CC(C)(C)OC(=O)NCCC(=O)NC1CCN(C(=O)C(Cc2ccccc2)N2C(=O)c3ccccc3C2=O)CC1. The van der Waals surface area contributed by atoms with Gasteiger partial charge in [0.05, 0.1) is 11.1 Å². The first-order valence-corrected chi connectivity index (χ1v) is 13.6. The highest BCUT2D eigenvalue weighted by Crippen LogP contribution is 2.27. The number of likely N-dealkylation sites (tertiary alicyclic amines) is 1. The van der Waals surface area contributed by atoms with Gasteiger partial charge in [0, 0.05) is 38.5 Å². The number of amides is 5. The van der Waals surface area contributed by atoms with Crippen molar-refractivity contribution in [2.75, 3.05) is 19.6 Å². The monoisotopic (exact) mass is 548 g/mol. The third-order valence-electron chi connectivity index (χ3n) is 6.89. The molecule has 10 nitrogen and oxygen atoms in total. The molecule has 2 aliphatic heterocycles. The van der Waals surface area contributed by atoms with Gasteiger partial charge < -0.3 is 20.3 Å². The summed E-state index contributed by atoms with van der Waals surface area (Å²) in [6.45, 7) is 6.21. The third kappa shape index (κ3) is 7.05. The zero-order valence-corrected chi connectivity index (χ0v) is 23.1. The summed E-state index contributed by atoms with van der Waals surface area (Å²) in [7, 11) is 0. The molecule has 2 N–H and O–H groups in total. The number of hydrogen-bond acceptors (Lipinski definition) is 6. The van der Waals surface area contributed by atoms with E-state index in [4.69, 9.17) is 4.74 Å². The standard InChI is InChI=1S/C30H36N4O6/c1-30(2,3)40-29(39)31-16-13-25(35)32-21-14-17-33(18-15-21)28(38)24(19-20-9-5-4-6-10-20)34-26(36)22-11-7-8-12-23(22)27(34)37/h4-12,21,24H,13-19H2,1-3H3,(H,31,39)(H,32,35). The second-order valence-corrected chi connectivity index (χ2v) is 11.1. The zero-order chi connectivity index (χ0) is 28.9. The number of nitrogens with one attached hydrogen (secondary N) is 2. The van der Waals surface area contributed by atoms with E-state index in [-0.39, 0.29) is 37.2 Å². The van der Waals surface area contributed by atoms with Gasteiger partial charge in [-0.1, -0.05) is 42.5 Å². The number of benzene rings is 2. The van der Waals surface area contributed by atoms with Gasteiger partial charge >= 0.3 is 6.09 Å². The predicted molar refractivity (Wildman–Crippen MR) is 147 cm³/mol. The van der Waals surface area contributed by atoms with Crippen LogP contribution in [0.1, 0.15) is 66.3 Å². The highest BCUT2D eigenvalue weighted by molar-refractivity contribution is 6.22. The van der Waals surface area contributed by atoms with Crippen LogP contribution in [0.3, 0.4) is 0 Å². The minimum Gasteiger partial charge on any atom is -0.444 e. The van der Waals surface area contributed by atoms with Crippen LogP contribution in [-0.2, 0) is 20.7 Å². The van der Waals surface area contributed by atoms with Gasteiger partial charge in [0.2, 0.25) is 11.8 Å². The third-order valence-corrected chi connectivity index (χ3v) is 6.89. The molecule has 2 aromatic rings. The lowest BCUT2D eigenvalue weighted by Crippen LogP contribution is -2.55. The quantitative estimate of drug-likeness (QED) is 0.489. The summed E-state index contributed by atoms with van der Waals surface area (Å²) in [6.07, 6.45) is 0.827. The Labute approximate surface area is 234 Å². The maximum Gasteiger partial charge on any atom is 0.407 e. The Morgan fingerprint density at radius 1 is 0.925 bits per heavy atom. The Hall–Kier alpha value is -4.21. The number of fused-ring (bicyclic) bond motifs is 1. The Balaban J connectivity index is 1.35. The van der Waals surface area contributed by atoms with E-state index in [1.165, 1.54) is 0 Å². The number of hydrogen-bond donors (Lipinski definition) is 2. The van der Waals surface area contributed by atoms with Crippen molar-refractivity contribution in [3.63, 3.8) is 0 Å². The van der Waals surface area contributed by atoms with Crippen molar-refractivity contribution in [1.82, 2.24) is 20.4 Å². The van der Waals surface area contributed by atoms with Gasteiger partial charge in [-0.15, -0.1) is 0 Å². The zero-order valence-electron chi connectivity index (χ0n) is 23.1. The number of ether oxygens (including phenoxy) is 1. The molecular weight excluding hydrogens is 512 g/mol. The summed E-state index contributed by atoms with van der Waals surface area (Å²) < 4.78 is 5.16. The fourth-order valence-corrected chi connectivity index (χ4v) is 4.96. The Morgan fingerprint density at radius 2 is 1.50 bits per heavy atom. The van der Waals surface area contributed by atoms with E-state index in [1.807, 2.05) is 30.3 Å². The highest BCUT2D eigenvalue weighted by atomic mass is 16.6. The summed E-state index contributed by atoms with van der Waals surface area (Å²) in [4.78, 5) is 67.2. The van der Waals surface area contributed by atoms with E-state index in [0.29, 0.717) is 37.1 Å². The van der Waals surface area contributed by atoms with Crippen LogP contribution in [0.25, 0.3) is 0 Å². The molecule has 0 aliphatic carbocycles. The van der Waals surface area contributed by atoms with Gasteiger partial charge in [-0.25, -0.2) is 4.79 Å². The lowest BCUT2D eigenvalue weighted by atomic mass is 10.00. The number of piperidine rings is 1. The molecule has 1 saturated heterocycles. The smallest absolute Gasteiger partial charge is 0.407 e. The van der Waals surface area contributed by atoms with E-state index in [9.17, 15) is 24.0 Å². The van der Waals surface area contributed by atoms with E-state index in [2.05, 4.69) is 10.6 Å². The Kier molecular flexibility index (Phi) is 8.86. The summed E-state index contributed by atoms with van der Waals surface area (Å²) >= 11 is 0. The maximum atomic E-state index is 13.8. The van der Waals surface area contributed by atoms with Crippen molar-refractivity contribution in [3.8, 4) is 0 Å². The van der Waals surface area contributed by atoms with Gasteiger partial charge in [0.1, 0.15) is 11.6 Å². The van der Waals surface area contributed by atoms with Gasteiger partial charge in [-0.3, -0.25) is 24.1 Å². The average Bonchev–Trinajstić information content (AvgIpc) is 3.16. The van der Waals surface area contributed by atoms with Crippen molar-refractivity contribution in [2.24, 2.45) is 0 Å². The van der Waals surface area contributed by atoms with Gasteiger partial charge in [0.15, 0.2) is 0 Å². The maximum absolute atomic E-state index is 13.8. The summed E-state index contributed by atoms with van der Waals surface area (Å²) in [5.41, 5.74) is 0.846. The second kappa shape index (κ2) is 12.3. The number of carbonyl (C=O) groups is 5. The van der Waals surface area contributed by atoms with Crippen molar-refractivity contribution >= 4 is 29.7 Å². The molecule has 40 heavy (non-hydrogen) atoms. The molecule has 1 unspecified atom stereocenters. The molecule has 5 amide bonds. The number of alkyl carbamates (subject to hydrolysis) is 1. The average molecular weight is 549 g/mol. The second-order valence-electron chi connectivity index (χ2n) is 11.1. The topological polar surface area (TPSA) is 125 Å². The van der Waals surface area contributed by atoms with Crippen LogP contribution >= 0.6 is 0 Å². The van der Waals surface area contributed by atoms with E-state index in [0.717, 1.165) is 10.5 Å². The molecule has 10 heteroatoms. The molecule has 2 aromatic carbocycles. The first-order valence-electron chi connectivity index (χ1n) is 13.6. The van der Waals surface area contributed by atoms with Crippen molar-refractivity contribution in [1.29, 1.82) is 0 Å². The number of imide groups is 1. The van der Waals surface area contributed by atoms with E-state index < -0.39 is 29.6 Å². The normalized spacial score (nSPS) is 16.4. The highest BCUT2D eigenvalue weighted by Gasteiger charge is 2.44. The fraction of sp³-hybridized carbons (Fsp3) is 0.433. The summed E-state index contributed by atoms with van der Waals surface area (Å²) in [6, 6.07) is 14.9. The number of nitrogens with zero attached hydrogens (tertiary/aromatic N) is 2. The number of rotatable bonds is 8. The van der Waals surface area contributed by atoms with Crippen LogP contribution in [0.2, 0.25) is 0 Å². The van der Waals surface area contributed by atoms with E-state index >= 15 is 0 Å². The van der Waals surface area contributed by atoms with Crippen molar-refractivity contribution < 1.29 is 28.7 Å². The first kappa shape index (κ1) is 28.8. The summed E-state index contributed by atoms with van der Waals surface area (Å²) in [5.74, 6) is -1.41. The minimum absolute atomic E-state index is 0.108. The molecule has 2 aliphatic rings. The lowest BCUT2D eigenvalue weighted by molar-refractivity contribution is -0.136. The Morgan fingerprint density at radius 3 is 2.08 bits per heavy atom. The number of carbonyl (C=O) groups excluding carboxylic acids is 5. The van der Waals surface area contributed by atoms with Gasteiger partial charge in [-0.05, 0) is 51.3 Å².